The summed E-state index contributed by atoms with van der Waals surface area (Å²) in [5, 5.41) is 0.880. The van der Waals surface area contributed by atoms with Gasteiger partial charge in [-0.1, -0.05) is 6.92 Å². The molecule has 0 radical (unpaired) electrons. The molecule has 7 heavy (non-hydrogen) atoms. The van der Waals surface area contributed by atoms with Crippen LogP contribution in [-0.2, 0) is 0 Å². The van der Waals surface area contributed by atoms with Crippen LogP contribution in [0, 0.1) is 5.92 Å². The van der Waals surface area contributed by atoms with Crippen molar-refractivity contribution in [3.8, 4) is 0 Å². The summed E-state index contributed by atoms with van der Waals surface area (Å²) in [5.74, 6) is 0.0617. The number of hydrogen-bond acceptors (Lipinski definition) is 1. The lowest BCUT2D eigenvalue weighted by molar-refractivity contribution is 0.402. The molecule has 0 saturated carbocycles. The monoisotopic (exact) mass is 103 g/mol. The van der Waals surface area contributed by atoms with Crippen molar-refractivity contribution in [2.24, 2.45) is 5.92 Å². The number of nitrogens with one attached hydrogen (secondary N) is 1. The van der Waals surface area contributed by atoms with Crippen LogP contribution >= 0.6 is 0 Å². The molecular formula is C6H13N. The van der Waals surface area contributed by atoms with Crippen molar-refractivity contribution in [2.75, 3.05) is 13.0 Å². The van der Waals surface area contributed by atoms with E-state index in [4.69, 9.17) is 5.52 Å². The van der Waals surface area contributed by atoms with E-state index in [2.05, 4.69) is 0 Å². The molecule has 2 unspecified atom stereocenters. The van der Waals surface area contributed by atoms with Crippen LogP contribution in [0.2, 0.25) is 1.41 Å². The number of rotatable bonds is 0. The average molecular weight is 103 g/mol. The largest absolute Gasteiger partial charge is 0.317 e. The molecule has 0 aromatic rings. The molecule has 0 aliphatic carbocycles. The van der Waals surface area contributed by atoms with Crippen molar-refractivity contribution in [2.45, 2.75) is 19.7 Å². The smallest absolute Gasteiger partial charge is 0.122 e. The van der Waals surface area contributed by atoms with Gasteiger partial charge in [-0.05, 0) is 31.8 Å². The van der Waals surface area contributed by atoms with E-state index in [9.17, 15) is 0 Å². The molecule has 1 saturated heterocycles. The Hall–Kier alpha value is -0.0400. The Morgan fingerprint density at radius 2 is 2.86 bits per heavy atom. The zero-order chi connectivity index (χ0) is 8.65. The Labute approximate surface area is 50.8 Å². The second-order valence-electron chi connectivity index (χ2n) is 1.94. The average Bonchev–Trinajstić information content (AvgIpc) is 1.95. The summed E-state index contributed by atoms with van der Waals surface area (Å²) in [7, 11) is 0. The van der Waals surface area contributed by atoms with Gasteiger partial charge in [0.25, 0.3) is 0 Å². The Morgan fingerprint density at radius 1 is 2.00 bits per heavy atom. The first-order valence-electron chi connectivity index (χ1n) is 4.67. The first-order chi connectivity index (χ1) is 4.96. The molecule has 1 fully saturated rings. The van der Waals surface area contributed by atoms with E-state index in [1.165, 1.54) is 0 Å². The van der Waals surface area contributed by atoms with E-state index < -0.39 is 12.9 Å². The Kier molecular flexibility index (Phi) is 0.680. The predicted molar refractivity (Wildman–Crippen MR) is 31.3 cm³/mol. The van der Waals surface area contributed by atoms with Crippen LogP contribution < -0.4 is 5.31 Å². The molecule has 0 spiro atoms. The standard InChI is InChI=1S/C6H13N/c1-6-2-4-7-5-3-6/h6-7H,2-5H2,1H3/i2D,4D2/hD. The van der Waals surface area contributed by atoms with Crippen LogP contribution in [0.1, 0.15) is 23.9 Å². The van der Waals surface area contributed by atoms with Crippen LogP contribution in [-0.4, -0.2) is 13.0 Å². The summed E-state index contributed by atoms with van der Waals surface area (Å²) in [4.78, 5) is 0. The molecule has 1 aliphatic rings. The molecule has 1 heteroatoms. The van der Waals surface area contributed by atoms with Gasteiger partial charge in [0.05, 0.1) is 0 Å². The molecule has 0 aromatic heterocycles. The minimum absolute atomic E-state index is 0.0617. The lowest BCUT2D eigenvalue weighted by Crippen LogP contribution is -2.26. The topological polar surface area (TPSA) is 12.0 Å². The Bertz CT molecular complexity index is 150. The highest BCUT2D eigenvalue weighted by Crippen LogP contribution is 2.08. The van der Waals surface area contributed by atoms with Crippen LogP contribution in [0.25, 0.3) is 0 Å². The maximum Gasteiger partial charge on any atom is 0.122 e. The summed E-state index contributed by atoms with van der Waals surface area (Å²) in [6, 6.07) is 0. The van der Waals surface area contributed by atoms with E-state index in [-0.39, 0.29) is 5.92 Å². The van der Waals surface area contributed by atoms with Crippen LogP contribution in [0.4, 0.5) is 0 Å². The predicted octanol–water partition coefficient (Wildman–Crippen LogP) is 1.01. The Morgan fingerprint density at radius 3 is 3.57 bits per heavy atom. The van der Waals surface area contributed by atoms with E-state index in [1.807, 2.05) is 6.92 Å². The minimum atomic E-state index is -1.77. The van der Waals surface area contributed by atoms with Crippen LogP contribution in [0.3, 0.4) is 0 Å². The van der Waals surface area contributed by atoms with Gasteiger partial charge in [-0.3, -0.25) is 0 Å². The molecule has 1 heterocycles. The minimum Gasteiger partial charge on any atom is -0.317 e. The second-order valence-corrected chi connectivity index (χ2v) is 1.94. The van der Waals surface area contributed by atoms with Gasteiger partial charge in [-0.25, -0.2) is 0 Å². The SMILES string of the molecule is [2H]C1C(C)CCN([2H])C1([2H])[2H]. The molecule has 0 aromatic carbocycles. The van der Waals surface area contributed by atoms with E-state index in [1.54, 1.807) is 0 Å². The highest BCUT2D eigenvalue weighted by molar-refractivity contribution is 4.62. The fourth-order valence-electron chi connectivity index (χ4n) is 0.596. The van der Waals surface area contributed by atoms with Gasteiger partial charge < -0.3 is 5.31 Å². The molecule has 0 amide bonds. The maximum absolute atomic E-state index is 7.47. The molecule has 1 rings (SSSR count). The van der Waals surface area contributed by atoms with Gasteiger partial charge in [0.2, 0.25) is 0 Å². The highest BCUT2D eigenvalue weighted by atomic mass is 14.9. The van der Waals surface area contributed by atoms with Gasteiger partial charge in [0.1, 0.15) is 1.41 Å². The maximum atomic E-state index is 7.47. The lowest BCUT2D eigenvalue weighted by Gasteiger charge is -2.17. The van der Waals surface area contributed by atoms with Gasteiger partial charge in [-0.2, -0.15) is 0 Å². The van der Waals surface area contributed by atoms with Crippen molar-refractivity contribution in [3.63, 3.8) is 0 Å². The van der Waals surface area contributed by atoms with Gasteiger partial charge in [-0.15, -0.1) is 0 Å². The number of hydrogen-bond donors (Lipinski definition) is 1. The molecule has 2 atom stereocenters. The first-order valence-corrected chi connectivity index (χ1v) is 2.65. The third kappa shape index (κ3) is 1.48. The molecule has 1 nitrogen and oxygen atoms in total. The summed E-state index contributed by atoms with van der Waals surface area (Å²) in [6.45, 7) is 0.531. The van der Waals surface area contributed by atoms with Crippen molar-refractivity contribution in [1.82, 2.24) is 5.31 Å². The first kappa shape index (κ1) is 2.06. The van der Waals surface area contributed by atoms with Gasteiger partial charge in [0.15, 0.2) is 0 Å². The zero-order valence-electron chi connectivity index (χ0n) is 8.52. The molecular weight excluding hydrogens is 86.1 g/mol. The summed E-state index contributed by atoms with van der Waals surface area (Å²) in [5.41, 5.74) is 0. The van der Waals surface area contributed by atoms with Gasteiger partial charge >= 0.3 is 0 Å². The van der Waals surface area contributed by atoms with E-state index in [0.717, 1.165) is 11.7 Å². The molecule has 42 valence electrons. The van der Waals surface area contributed by atoms with Crippen molar-refractivity contribution >= 4 is 0 Å². The lowest BCUT2D eigenvalue weighted by atomic mass is 10.0. The molecule has 1 aliphatic heterocycles. The Balaban J connectivity index is 2.72. The molecule has 1 N–H and O–H groups in total. The number of piperidine rings is 1. The zero-order valence-corrected chi connectivity index (χ0v) is 4.52. The summed E-state index contributed by atoms with van der Waals surface area (Å²) in [6.07, 6.45) is -0.0364. The summed E-state index contributed by atoms with van der Waals surface area (Å²) < 4.78 is 29.5. The van der Waals surface area contributed by atoms with Crippen LogP contribution in [0.15, 0.2) is 0 Å². The van der Waals surface area contributed by atoms with Crippen molar-refractivity contribution in [1.29, 1.82) is 0 Å². The summed E-state index contributed by atoms with van der Waals surface area (Å²) >= 11 is 0. The van der Waals surface area contributed by atoms with E-state index >= 15 is 0 Å². The van der Waals surface area contributed by atoms with Crippen molar-refractivity contribution < 1.29 is 5.52 Å². The third-order valence-corrected chi connectivity index (χ3v) is 1.15. The molecule has 0 bridgehead atoms. The fourth-order valence-corrected chi connectivity index (χ4v) is 0.596. The van der Waals surface area contributed by atoms with Crippen LogP contribution in [0.5, 0.6) is 0 Å². The third-order valence-electron chi connectivity index (χ3n) is 1.15. The fraction of sp³-hybridized carbons (Fsp3) is 1.00. The second kappa shape index (κ2) is 2.31. The normalized spacial score (nSPS) is 61.9. The highest BCUT2D eigenvalue weighted by Gasteiger charge is 2.04. The quantitative estimate of drug-likeness (QED) is 0.482. The van der Waals surface area contributed by atoms with Crippen molar-refractivity contribution in [3.05, 3.63) is 0 Å². The van der Waals surface area contributed by atoms with E-state index in [0.29, 0.717) is 6.54 Å². The van der Waals surface area contributed by atoms with Gasteiger partial charge in [0, 0.05) is 4.11 Å².